The molecule has 0 aliphatic carbocycles. The molecular weight excluding hydrogens is 280 g/mol. The van der Waals surface area contributed by atoms with Crippen LogP contribution in [0.1, 0.15) is 16.8 Å². The molecule has 4 heteroatoms. The van der Waals surface area contributed by atoms with Crippen LogP contribution in [-0.4, -0.2) is 24.8 Å². The van der Waals surface area contributed by atoms with Gasteiger partial charge in [0.05, 0.1) is 13.2 Å². The van der Waals surface area contributed by atoms with Gasteiger partial charge in [-0.25, -0.2) is 0 Å². The van der Waals surface area contributed by atoms with Crippen molar-refractivity contribution in [3.8, 4) is 11.5 Å². The van der Waals surface area contributed by atoms with Crippen molar-refractivity contribution in [2.75, 3.05) is 13.2 Å². The second kappa shape index (κ2) is 6.54. The Morgan fingerprint density at radius 1 is 1.05 bits per heavy atom. The zero-order valence-electron chi connectivity index (χ0n) is 12.0. The normalized spacial score (nSPS) is 18.0. The highest BCUT2D eigenvalue weighted by Crippen LogP contribution is 2.24. The summed E-state index contributed by atoms with van der Waals surface area (Å²) in [6.07, 6.45) is 0.302. The number of benzene rings is 2. The van der Waals surface area contributed by atoms with Crippen LogP contribution < -0.4 is 4.74 Å². The van der Waals surface area contributed by atoms with Crippen LogP contribution >= 0.6 is 0 Å². The van der Waals surface area contributed by atoms with Gasteiger partial charge in [-0.1, -0.05) is 30.3 Å². The minimum absolute atomic E-state index is 0.0503. The summed E-state index contributed by atoms with van der Waals surface area (Å²) in [6.45, 7) is 0.571. The van der Waals surface area contributed by atoms with E-state index in [-0.39, 0.29) is 18.2 Å². The minimum Gasteiger partial charge on any atom is -0.457 e. The number of hydrogen-bond donors (Lipinski definition) is 0. The molecule has 1 saturated heterocycles. The molecule has 0 spiro atoms. The van der Waals surface area contributed by atoms with Crippen molar-refractivity contribution in [3.05, 3.63) is 60.2 Å². The maximum absolute atomic E-state index is 12.5. The Labute approximate surface area is 128 Å². The van der Waals surface area contributed by atoms with Crippen molar-refractivity contribution in [1.29, 1.82) is 0 Å². The lowest BCUT2D eigenvalue weighted by molar-refractivity contribution is -0.128. The highest BCUT2D eigenvalue weighted by molar-refractivity contribution is 6.11. The largest absolute Gasteiger partial charge is 0.457 e. The summed E-state index contributed by atoms with van der Waals surface area (Å²) in [5, 5.41) is 0. The molecule has 1 aliphatic heterocycles. The van der Waals surface area contributed by atoms with Crippen LogP contribution in [0.4, 0.5) is 0 Å². The smallest absolute Gasteiger partial charge is 0.175 e. The first kappa shape index (κ1) is 14.5. The van der Waals surface area contributed by atoms with Gasteiger partial charge < -0.3 is 9.47 Å². The lowest BCUT2D eigenvalue weighted by Gasteiger charge is -2.20. The van der Waals surface area contributed by atoms with Crippen LogP contribution in [0.15, 0.2) is 54.6 Å². The van der Waals surface area contributed by atoms with E-state index < -0.39 is 5.92 Å². The fourth-order valence-corrected chi connectivity index (χ4v) is 2.40. The third-order valence-corrected chi connectivity index (χ3v) is 3.58. The molecule has 2 aromatic carbocycles. The predicted octanol–water partition coefficient (Wildman–Crippen LogP) is 3.27. The third kappa shape index (κ3) is 3.23. The van der Waals surface area contributed by atoms with Gasteiger partial charge >= 0.3 is 0 Å². The monoisotopic (exact) mass is 296 g/mol. The van der Waals surface area contributed by atoms with Crippen molar-refractivity contribution < 1.29 is 19.1 Å². The van der Waals surface area contributed by atoms with Crippen molar-refractivity contribution in [2.24, 2.45) is 5.92 Å². The summed E-state index contributed by atoms with van der Waals surface area (Å²) in [4.78, 5) is 24.3. The molecule has 0 aromatic heterocycles. The fraction of sp³-hybridized carbons (Fsp3) is 0.222. The van der Waals surface area contributed by atoms with Gasteiger partial charge in [-0.3, -0.25) is 9.59 Å². The first-order valence-electron chi connectivity index (χ1n) is 7.22. The van der Waals surface area contributed by atoms with Gasteiger partial charge in [-0.15, -0.1) is 0 Å². The molecule has 1 aliphatic rings. The Bertz CT molecular complexity index is 678. The summed E-state index contributed by atoms with van der Waals surface area (Å²) in [7, 11) is 0. The molecule has 1 fully saturated rings. The van der Waals surface area contributed by atoms with Crippen LogP contribution in [0.25, 0.3) is 0 Å². The number of para-hydroxylation sites is 1. The van der Waals surface area contributed by atoms with Crippen molar-refractivity contribution in [1.82, 2.24) is 0 Å². The maximum Gasteiger partial charge on any atom is 0.175 e. The number of hydrogen-bond acceptors (Lipinski definition) is 4. The van der Waals surface area contributed by atoms with E-state index in [1.165, 1.54) is 0 Å². The summed E-state index contributed by atoms with van der Waals surface area (Å²) in [5.74, 6) is 0.319. The average molecular weight is 296 g/mol. The molecular formula is C18H16O4. The molecule has 4 nitrogen and oxygen atoms in total. The molecule has 112 valence electrons. The molecule has 1 unspecified atom stereocenters. The van der Waals surface area contributed by atoms with E-state index in [2.05, 4.69) is 0 Å². The maximum atomic E-state index is 12.5. The minimum atomic E-state index is -0.694. The van der Waals surface area contributed by atoms with Gasteiger partial charge in [-0.05, 0) is 24.3 Å². The Kier molecular flexibility index (Phi) is 4.30. The standard InChI is InChI=1S/C18H16O4/c19-17-9-10-21-12-16(17)18(20)13-5-4-8-15(11-13)22-14-6-2-1-3-7-14/h1-8,11,16H,9-10,12H2. The molecule has 0 radical (unpaired) electrons. The predicted molar refractivity (Wildman–Crippen MR) is 81.2 cm³/mol. The molecule has 0 amide bonds. The second-order valence-electron chi connectivity index (χ2n) is 5.15. The van der Waals surface area contributed by atoms with Gasteiger partial charge in [0, 0.05) is 12.0 Å². The summed E-state index contributed by atoms with van der Waals surface area (Å²) < 4.78 is 11.0. The van der Waals surface area contributed by atoms with Crippen LogP contribution in [0.3, 0.4) is 0 Å². The summed E-state index contributed by atoms with van der Waals surface area (Å²) in [6, 6.07) is 16.2. The fourth-order valence-electron chi connectivity index (χ4n) is 2.40. The Balaban J connectivity index is 1.78. The van der Waals surface area contributed by atoms with Crippen molar-refractivity contribution in [3.63, 3.8) is 0 Å². The van der Waals surface area contributed by atoms with E-state index in [4.69, 9.17) is 9.47 Å². The highest BCUT2D eigenvalue weighted by Gasteiger charge is 2.30. The number of carbonyl (C=O) groups is 2. The lowest BCUT2D eigenvalue weighted by atomic mass is 9.91. The quantitative estimate of drug-likeness (QED) is 0.642. The average Bonchev–Trinajstić information content (AvgIpc) is 2.56. The van der Waals surface area contributed by atoms with Gasteiger partial charge in [-0.2, -0.15) is 0 Å². The first-order valence-corrected chi connectivity index (χ1v) is 7.22. The number of Topliss-reactive ketones (excluding diaryl/α,β-unsaturated/α-hetero) is 2. The number of rotatable bonds is 4. The van der Waals surface area contributed by atoms with Gasteiger partial charge in [0.15, 0.2) is 5.78 Å². The van der Waals surface area contributed by atoms with E-state index >= 15 is 0 Å². The zero-order chi connectivity index (χ0) is 15.4. The van der Waals surface area contributed by atoms with E-state index in [0.717, 1.165) is 0 Å². The molecule has 0 saturated carbocycles. The highest BCUT2D eigenvalue weighted by atomic mass is 16.5. The molecule has 22 heavy (non-hydrogen) atoms. The molecule has 0 bridgehead atoms. The zero-order valence-corrected chi connectivity index (χ0v) is 12.0. The van der Waals surface area contributed by atoms with Crippen molar-refractivity contribution >= 4 is 11.6 Å². The first-order chi connectivity index (χ1) is 10.7. The molecule has 1 atom stereocenters. The van der Waals surface area contributed by atoms with E-state index in [1.807, 2.05) is 30.3 Å². The Morgan fingerprint density at radius 2 is 1.82 bits per heavy atom. The summed E-state index contributed by atoms with van der Waals surface area (Å²) >= 11 is 0. The topological polar surface area (TPSA) is 52.6 Å². The molecule has 1 heterocycles. The van der Waals surface area contributed by atoms with Crippen LogP contribution in [0.2, 0.25) is 0 Å². The van der Waals surface area contributed by atoms with E-state index in [1.54, 1.807) is 24.3 Å². The number of ketones is 2. The van der Waals surface area contributed by atoms with Gasteiger partial charge in [0.25, 0.3) is 0 Å². The molecule has 2 aromatic rings. The van der Waals surface area contributed by atoms with Crippen LogP contribution in [0, 0.1) is 5.92 Å². The van der Waals surface area contributed by atoms with E-state index in [9.17, 15) is 9.59 Å². The van der Waals surface area contributed by atoms with Gasteiger partial charge in [0.1, 0.15) is 23.2 Å². The van der Waals surface area contributed by atoms with Gasteiger partial charge in [0.2, 0.25) is 0 Å². The number of ether oxygens (including phenoxy) is 2. The van der Waals surface area contributed by atoms with Crippen LogP contribution in [-0.2, 0) is 9.53 Å². The SMILES string of the molecule is O=C1CCOCC1C(=O)c1cccc(Oc2ccccc2)c1. The van der Waals surface area contributed by atoms with Crippen LogP contribution in [0.5, 0.6) is 11.5 Å². The van der Waals surface area contributed by atoms with Crippen molar-refractivity contribution in [2.45, 2.75) is 6.42 Å². The molecule has 3 rings (SSSR count). The Morgan fingerprint density at radius 3 is 2.59 bits per heavy atom. The Hall–Kier alpha value is -2.46. The van der Waals surface area contributed by atoms with E-state index in [0.29, 0.717) is 30.1 Å². The third-order valence-electron chi connectivity index (χ3n) is 3.58. The molecule has 0 N–H and O–H groups in total. The summed E-state index contributed by atoms with van der Waals surface area (Å²) in [5.41, 5.74) is 0.470. The number of carbonyl (C=O) groups excluding carboxylic acids is 2. The lowest BCUT2D eigenvalue weighted by Crippen LogP contribution is -2.33. The second-order valence-corrected chi connectivity index (χ2v) is 5.15.